The Morgan fingerprint density at radius 3 is 2.44 bits per heavy atom. The van der Waals surface area contributed by atoms with Gasteiger partial charge >= 0.3 is 5.97 Å². The first-order chi connectivity index (χ1) is 8.32. The number of carboxylic acid groups (broad SMARTS) is 1. The van der Waals surface area contributed by atoms with Gasteiger partial charge in [-0.2, -0.15) is 0 Å². The van der Waals surface area contributed by atoms with E-state index in [0.717, 1.165) is 25.9 Å². The third-order valence-corrected chi connectivity index (χ3v) is 4.85. The maximum absolute atomic E-state index is 11.3. The third-order valence-electron chi connectivity index (χ3n) is 4.85. The highest BCUT2D eigenvalue weighted by atomic mass is 16.4. The molecule has 1 aliphatic carbocycles. The molecular weight excluding hydrogens is 228 g/mol. The Labute approximate surface area is 110 Å². The first-order valence-electron chi connectivity index (χ1n) is 7.09. The van der Waals surface area contributed by atoms with Crippen molar-refractivity contribution in [3.05, 3.63) is 0 Å². The number of carboxylic acids is 1. The van der Waals surface area contributed by atoms with Gasteiger partial charge in [-0.1, -0.05) is 13.8 Å². The number of nitrogens with zero attached hydrogens (tertiary/aromatic N) is 1. The smallest absolute Gasteiger partial charge is 0.323 e. The van der Waals surface area contributed by atoms with Gasteiger partial charge in [-0.05, 0) is 57.0 Å². The Morgan fingerprint density at radius 1 is 1.28 bits per heavy atom. The van der Waals surface area contributed by atoms with Crippen molar-refractivity contribution in [2.75, 3.05) is 13.1 Å². The molecule has 2 rings (SSSR count). The van der Waals surface area contributed by atoms with E-state index >= 15 is 0 Å². The second-order valence-electron chi connectivity index (χ2n) is 6.91. The van der Waals surface area contributed by atoms with Crippen LogP contribution in [0.5, 0.6) is 0 Å². The summed E-state index contributed by atoms with van der Waals surface area (Å²) in [6.45, 7) is 6.81. The van der Waals surface area contributed by atoms with Crippen molar-refractivity contribution in [3.63, 3.8) is 0 Å². The van der Waals surface area contributed by atoms with Crippen LogP contribution in [-0.4, -0.2) is 40.6 Å². The normalized spacial score (nSPS) is 37.4. The van der Waals surface area contributed by atoms with Crippen LogP contribution in [0.25, 0.3) is 0 Å². The van der Waals surface area contributed by atoms with Crippen LogP contribution >= 0.6 is 0 Å². The Hall–Kier alpha value is -0.610. The summed E-state index contributed by atoms with van der Waals surface area (Å²) in [5.41, 5.74) is 5.48. The Morgan fingerprint density at radius 2 is 1.89 bits per heavy atom. The zero-order chi connectivity index (χ0) is 13.4. The van der Waals surface area contributed by atoms with Gasteiger partial charge in [-0.25, -0.2) is 0 Å². The summed E-state index contributed by atoms with van der Waals surface area (Å²) in [6, 6.07) is 0.371. The van der Waals surface area contributed by atoms with E-state index in [2.05, 4.69) is 18.7 Å². The van der Waals surface area contributed by atoms with Gasteiger partial charge in [0.2, 0.25) is 0 Å². The highest BCUT2D eigenvalue weighted by Crippen LogP contribution is 2.35. The van der Waals surface area contributed by atoms with E-state index < -0.39 is 11.5 Å². The maximum atomic E-state index is 11.3. The van der Waals surface area contributed by atoms with Gasteiger partial charge in [0.05, 0.1) is 0 Å². The molecule has 1 saturated heterocycles. The molecule has 0 aromatic carbocycles. The average Bonchev–Trinajstić information content (AvgIpc) is 2.28. The highest BCUT2D eigenvalue weighted by Gasteiger charge is 2.42. The number of likely N-dealkylation sites (tertiary alicyclic amines) is 1. The highest BCUT2D eigenvalue weighted by molar-refractivity contribution is 5.78. The molecule has 0 spiro atoms. The number of aliphatic carboxylic acids is 1. The lowest BCUT2D eigenvalue weighted by Crippen LogP contribution is -2.56. The molecular formula is C14H26N2O2. The minimum absolute atomic E-state index is 0.371. The fourth-order valence-corrected chi connectivity index (χ4v) is 3.28. The van der Waals surface area contributed by atoms with Crippen molar-refractivity contribution in [2.45, 2.75) is 64.0 Å². The van der Waals surface area contributed by atoms with Crippen LogP contribution in [0.1, 0.15) is 52.4 Å². The van der Waals surface area contributed by atoms with Crippen molar-refractivity contribution >= 4 is 5.97 Å². The van der Waals surface area contributed by atoms with Crippen LogP contribution in [0.2, 0.25) is 0 Å². The van der Waals surface area contributed by atoms with Crippen molar-refractivity contribution in [3.8, 4) is 0 Å². The van der Waals surface area contributed by atoms with Crippen LogP contribution < -0.4 is 5.73 Å². The van der Waals surface area contributed by atoms with Crippen LogP contribution in [0.4, 0.5) is 0 Å². The first-order valence-corrected chi connectivity index (χ1v) is 7.09. The van der Waals surface area contributed by atoms with Gasteiger partial charge in [0.25, 0.3) is 0 Å². The first kappa shape index (κ1) is 13.8. The van der Waals surface area contributed by atoms with E-state index in [1.54, 1.807) is 0 Å². The monoisotopic (exact) mass is 254 g/mol. The molecule has 4 nitrogen and oxygen atoms in total. The minimum atomic E-state index is -0.990. The molecule has 3 N–H and O–H groups in total. The Balaban J connectivity index is 1.96. The summed E-state index contributed by atoms with van der Waals surface area (Å²) in [4.78, 5) is 13.7. The predicted molar refractivity (Wildman–Crippen MR) is 71.4 cm³/mol. The van der Waals surface area contributed by atoms with E-state index in [4.69, 9.17) is 5.73 Å². The van der Waals surface area contributed by atoms with E-state index in [9.17, 15) is 9.90 Å². The lowest BCUT2D eigenvalue weighted by molar-refractivity contribution is -0.145. The summed E-state index contributed by atoms with van der Waals surface area (Å²) in [7, 11) is 0. The zero-order valence-corrected chi connectivity index (χ0v) is 11.6. The number of carbonyl (C=O) groups is 1. The number of nitrogens with two attached hydrogens (primary N) is 1. The molecule has 104 valence electrons. The van der Waals surface area contributed by atoms with E-state index in [1.165, 1.54) is 12.8 Å². The molecule has 2 unspecified atom stereocenters. The molecule has 0 radical (unpaired) electrons. The SMILES string of the molecule is CC1(C)CCN(C2CCCC(N)(C(=O)O)C2)CC1. The molecule has 1 aliphatic heterocycles. The van der Waals surface area contributed by atoms with Gasteiger partial charge < -0.3 is 15.7 Å². The van der Waals surface area contributed by atoms with E-state index in [0.29, 0.717) is 24.3 Å². The van der Waals surface area contributed by atoms with Gasteiger partial charge in [0.1, 0.15) is 5.54 Å². The summed E-state index contributed by atoms with van der Waals surface area (Å²) in [5, 5.41) is 9.25. The van der Waals surface area contributed by atoms with E-state index in [-0.39, 0.29) is 0 Å². The third kappa shape index (κ3) is 2.86. The van der Waals surface area contributed by atoms with Crippen LogP contribution in [0.3, 0.4) is 0 Å². The molecule has 18 heavy (non-hydrogen) atoms. The molecule has 1 saturated carbocycles. The standard InChI is InChI=1S/C14H26N2O2/c1-13(2)6-8-16(9-7-13)11-4-3-5-14(15,10-11)12(17)18/h11H,3-10,15H2,1-2H3,(H,17,18). The molecule has 0 amide bonds. The topological polar surface area (TPSA) is 66.6 Å². The van der Waals surface area contributed by atoms with E-state index in [1.807, 2.05) is 0 Å². The van der Waals surface area contributed by atoms with Gasteiger partial charge in [-0.15, -0.1) is 0 Å². The van der Waals surface area contributed by atoms with Gasteiger partial charge in [0.15, 0.2) is 0 Å². The number of piperidine rings is 1. The van der Waals surface area contributed by atoms with Crippen molar-refractivity contribution in [1.82, 2.24) is 4.90 Å². The quantitative estimate of drug-likeness (QED) is 0.789. The summed E-state index contributed by atoms with van der Waals surface area (Å²) >= 11 is 0. The second-order valence-corrected chi connectivity index (χ2v) is 6.91. The summed E-state index contributed by atoms with van der Waals surface area (Å²) in [6.07, 6.45) is 5.68. The molecule has 2 atom stereocenters. The molecule has 1 heterocycles. The lowest BCUT2D eigenvalue weighted by atomic mass is 9.77. The Bertz CT molecular complexity index is 320. The molecule has 2 aliphatic rings. The van der Waals surface area contributed by atoms with Crippen LogP contribution in [-0.2, 0) is 4.79 Å². The zero-order valence-electron chi connectivity index (χ0n) is 11.6. The molecule has 0 bridgehead atoms. The molecule has 2 fully saturated rings. The van der Waals surface area contributed by atoms with Crippen LogP contribution in [0, 0.1) is 5.41 Å². The minimum Gasteiger partial charge on any atom is -0.480 e. The van der Waals surface area contributed by atoms with Gasteiger partial charge in [0, 0.05) is 6.04 Å². The predicted octanol–water partition coefficient (Wildman–Crippen LogP) is 1.83. The molecule has 0 aromatic heterocycles. The number of hydrogen-bond acceptors (Lipinski definition) is 3. The Kier molecular flexibility index (Phi) is 3.70. The fraction of sp³-hybridized carbons (Fsp3) is 0.929. The second kappa shape index (κ2) is 4.82. The molecule has 0 aromatic rings. The largest absolute Gasteiger partial charge is 0.480 e. The summed E-state index contributed by atoms with van der Waals surface area (Å²) in [5.74, 6) is -0.829. The molecule has 4 heteroatoms. The summed E-state index contributed by atoms with van der Waals surface area (Å²) < 4.78 is 0. The number of rotatable bonds is 2. The van der Waals surface area contributed by atoms with Crippen molar-refractivity contribution in [1.29, 1.82) is 0 Å². The number of hydrogen-bond donors (Lipinski definition) is 2. The van der Waals surface area contributed by atoms with Crippen LogP contribution in [0.15, 0.2) is 0 Å². The van der Waals surface area contributed by atoms with Gasteiger partial charge in [-0.3, -0.25) is 4.79 Å². The lowest BCUT2D eigenvalue weighted by Gasteiger charge is -2.45. The van der Waals surface area contributed by atoms with Crippen molar-refractivity contribution in [2.24, 2.45) is 11.1 Å². The fourth-order valence-electron chi connectivity index (χ4n) is 3.28. The maximum Gasteiger partial charge on any atom is 0.323 e. The average molecular weight is 254 g/mol. The van der Waals surface area contributed by atoms with Crippen molar-refractivity contribution < 1.29 is 9.90 Å².